The minimum Gasteiger partial charge on any atom is -0.466 e. The van der Waals surface area contributed by atoms with E-state index in [2.05, 4.69) is 5.32 Å². The third-order valence-electron chi connectivity index (χ3n) is 2.83. The molecule has 1 fully saturated rings. The standard InChI is InChI=1S/C12H21NO3/c1-2-16-12(15)9-11(14)13-10-7-5-3-4-6-8-10/h10H,2-9H2,1H3,(H,13,14). The van der Waals surface area contributed by atoms with Crippen LogP contribution in [0.4, 0.5) is 0 Å². The number of nitrogens with one attached hydrogen (secondary N) is 1. The zero-order chi connectivity index (χ0) is 11.8. The zero-order valence-corrected chi connectivity index (χ0v) is 9.96. The number of ether oxygens (including phenoxy) is 1. The largest absolute Gasteiger partial charge is 0.466 e. The van der Waals surface area contributed by atoms with Crippen molar-refractivity contribution in [2.45, 2.75) is 57.9 Å². The third-order valence-corrected chi connectivity index (χ3v) is 2.83. The van der Waals surface area contributed by atoms with E-state index in [1.165, 1.54) is 25.7 Å². The maximum atomic E-state index is 11.5. The molecular weight excluding hydrogens is 206 g/mol. The molecule has 4 heteroatoms. The molecule has 0 spiro atoms. The Kier molecular flexibility index (Phi) is 5.90. The molecule has 0 heterocycles. The Morgan fingerprint density at radius 1 is 1.19 bits per heavy atom. The van der Waals surface area contributed by atoms with Crippen LogP contribution < -0.4 is 5.32 Å². The highest BCUT2D eigenvalue weighted by Gasteiger charge is 2.16. The summed E-state index contributed by atoms with van der Waals surface area (Å²) in [5.74, 6) is -0.640. The van der Waals surface area contributed by atoms with Gasteiger partial charge < -0.3 is 10.1 Å². The average Bonchev–Trinajstić information content (AvgIpc) is 2.46. The maximum absolute atomic E-state index is 11.5. The lowest BCUT2D eigenvalue weighted by molar-refractivity contribution is -0.146. The zero-order valence-electron chi connectivity index (χ0n) is 9.96. The van der Waals surface area contributed by atoms with E-state index in [4.69, 9.17) is 4.74 Å². The van der Waals surface area contributed by atoms with Gasteiger partial charge in [0.2, 0.25) is 5.91 Å². The predicted molar refractivity (Wildman–Crippen MR) is 60.9 cm³/mol. The number of carbonyl (C=O) groups is 2. The summed E-state index contributed by atoms with van der Waals surface area (Å²) in [6.07, 6.45) is 6.77. The minimum absolute atomic E-state index is 0.148. The Balaban J connectivity index is 2.24. The summed E-state index contributed by atoms with van der Waals surface area (Å²) >= 11 is 0. The molecular formula is C12H21NO3. The Bertz CT molecular complexity index is 232. The van der Waals surface area contributed by atoms with Gasteiger partial charge in [-0.15, -0.1) is 0 Å². The SMILES string of the molecule is CCOC(=O)CC(=O)NC1CCCCCC1. The Labute approximate surface area is 96.7 Å². The van der Waals surface area contributed by atoms with Crippen molar-refractivity contribution in [3.8, 4) is 0 Å². The molecule has 4 nitrogen and oxygen atoms in total. The quantitative estimate of drug-likeness (QED) is 0.452. The van der Waals surface area contributed by atoms with Gasteiger partial charge in [0.15, 0.2) is 0 Å². The van der Waals surface area contributed by atoms with E-state index in [1.807, 2.05) is 0 Å². The van der Waals surface area contributed by atoms with Crippen LogP contribution in [0.1, 0.15) is 51.9 Å². The van der Waals surface area contributed by atoms with Crippen LogP contribution in [0, 0.1) is 0 Å². The van der Waals surface area contributed by atoms with Crippen LogP contribution in [0.15, 0.2) is 0 Å². The highest BCUT2D eigenvalue weighted by Crippen LogP contribution is 2.17. The summed E-state index contributed by atoms with van der Waals surface area (Å²) < 4.78 is 4.73. The molecule has 1 saturated carbocycles. The molecule has 1 N–H and O–H groups in total. The summed E-state index contributed by atoms with van der Waals surface area (Å²) in [5.41, 5.74) is 0. The average molecular weight is 227 g/mol. The van der Waals surface area contributed by atoms with Crippen LogP contribution in [0.25, 0.3) is 0 Å². The van der Waals surface area contributed by atoms with Crippen molar-refractivity contribution in [3.05, 3.63) is 0 Å². The van der Waals surface area contributed by atoms with Crippen LogP contribution >= 0.6 is 0 Å². The molecule has 1 aliphatic rings. The van der Waals surface area contributed by atoms with Crippen molar-refractivity contribution in [1.82, 2.24) is 5.32 Å². The van der Waals surface area contributed by atoms with Gasteiger partial charge >= 0.3 is 5.97 Å². The molecule has 0 aromatic carbocycles. The molecule has 16 heavy (non-hydrogen) atoms. The number of rotatable bonds is 4. The van der Waals surface area contributed by atoms with Gasteiger partial charge in [-0.25, -0.2) is 0 Å². The fourth-order valence-corrected chi connectivity index (χ4v) is 2.05. The molecule has 0 aromatic heterocycles. The van der Waals surface area contributed by atoms with Gasteiger partial charge in [0.05, 0.1) is 6.61 Å². The molecule has 0 atom stereocenters. The minimum atomic E-state index is -0.436. The van der Waals surface area contributed by atoms with E-state index in [-0.39, 0.29) is 18.4 Å². The molecule has 0 unspecified atom stereocenters. The van der Waals surface area contributed by atoms with Gasteiger partial charge in [-0.1, -0.05) is 25.7 Å². The molecule has 0 bridgehead atoms. The van der Waals surface area contributed by atoms with Crippen molar-refractivity contribution in [2.24, 2.45) is 0 Å². The first-order chi connectivity index (χ1) is 7.72. The van der Waals surface area contributed by atoms with Crippen molar-refractivity contribution in [3.63, 3.8) is 0 Å². The second-order valence-corrected chi connectivity index (χ2v) is 4.24. The van der Waals surface area contributed by atoms with Crippen molar-refractivity contribution in [2.75, 3.05) is 6.61 Å². The van der Waals surface area contributed by atoms with E-state index < -0.39 is 5.97 Å². The van der Waals surface area contributed by atoms with Gasteiger partial charge in [0.1, 0.15) is 6.42 Å². The molecule has 0 aromatic rings. The molecule has 0 radical (unpaired) electrons. The molecule has 1 amide bonds. The van der Waals surface area contributed by atoms with Crippen LogP contribution in [-0.2, 0) is 14.3 Å². The van der Waals surface area contributed by atoms with Crippen LogP contribution in [0.3, 0.4) is 0 Å². The summed E-state index contributed by atoms with van der Waals surface area (Å²) in [5, 5.41) is 2.91. The highest BCUT2D eigenvalue weighted by molar-refractivity contribution is 5.94. The Morgan fingerprint density at radius 2 is 1.81 bits per heavy atom. The van der Waals surface area contributed by atoms with Crippen molar-refractivity contribution < 1.29 is 14.3 Å². The fraction of sp³-hybridized carbons (Fsp3) is 0.833. The first-order valence-corrected chi connectivity index (χ1v) is 6.17. The van der Waals surface area contributed by atoms with Crippen LogP contribution in [0.2, 0.25) is 0 Å². The number of carbonyl (C=O) groups excluding carboxylic acids is 2. The fourth-order valence-electron chi connectivity index (χ4n) is 2.05. The summed E-state index contributed by atoms with van der Waals surface area (Å²) in [7, 11) is 0. The monoisotopic (exact) mass is 227 g/mol. The number of hydrogen-bond donors (Lipinski definition) is 1. The first-order valence-electron chi connectivity index (χ1n) is 6.17. The van der Waals surface area contributed by atoms with Gasteiger partial charge in [0.25, 0.3) is 0 Å². The van der Waals surface area contributed by atoms with Crippen molar-refractivity contribution in [1.29, 1.82) is 0 Å². The Morgan fingerprint density at radius 3 is 2.38 bits per heavy atom. The normalized spacial score (nSPS) is 17.6. The predicted octanol–water partition coefficient (Wildman–Crippen LogP) is 1.78. The van der Waals surface area contributed by atoms with E-state index >= 15 is 0 Å². The smallest absolute Gasteiger partial charge is 0.315 e. The van der Waals surface area contributed by atoms with Gasteiger partial charge in [-0.05, 0) is 19.8 Å². The highest BCUT2D eigenvalue weighted by atomic mass is 16.5. The van der Waals surface area contributed by atoms with Gasteiger partial charge in [-0.3, -0.25) is 9.59 Å². The summed E-state index contributed by atoms with van der Waals surface area (Å²) in [4.78, 5) is 22.6. The lowest BCUT2D eigenvalue weighted by atomic mass is 10.1. The Hall–Kier alpha value is -1.06. The van der Waals surface area contributed by atoms with Crippen molar-refractivity contribution >= 4 is 11.9 Å². The summed E-state index contributed by atoms with van der Waals surface area (Å²) in [6, 6.07) is 0.254. The molecule has 1 aliphatic carbocycles. The second kappa shape index (κ2) is 7.25. The second-order valence-electron chi connectivity index (χ2n) is 4.24. The van der Waals surface area contributed by atoms with E-state index in [0.717, 1.165) is 12.8 Å². The van der Waals surface area contributed by atoms with Gasteiger partial charge in [0, 0.05) is 6.04 Å². The maximum Gasteiger partial charge on any atom is 0.315 e. The lowest BCUT2D eigenvalue weighted by Crippen LogP contribution is -2.35. The molecule has 0 saturated heterocycles. The topological polar surface area (TPSA) is 55.4 Å². The van der Waals surface area contributed by atoms with Gasteiger partial charge in [-0.2, -0.15) is 0 Å². The summed E-state index contributed by atoms with van der Waals surface area (Å²) in [6.45, 7) is 2.07. The van der Waals surface area contributed by atoms with Crippen LogP contribution in [0.5, 0.6) is 0 Å². The van der Waals surface area contributed by atoms with E-state index in [0.29, 0.717) is 6.61 Å². The van der Waals surface area contributed by atoms with E-state index in [9.17, 15) is 9.59 Å². The van der Waals surface area contributed by atoms with E-state index in [1.54, 1.807) is 6.92 Å². The van der Waals surface area contributed by atoms with Crippen LogP contribution in [-0.4, -0.2) is 24.5 Å². The molecule has 92 valence electrons. The third kappa shape index (κ3) is 5.14. The number of hydrogen-bond acceptors (Lipinski definition) is 3. The lowest BCUT2D eigenvalue weighted by Gasteiger charge is -2.15. The number of esters is 1. The first kappa shape index (κ1) is 13.0. The molecule has 1 rings (SSSR count). The number of amides is 1. The molecule has 0 aliphatic heterocycles.